The third kappa shape index (κ3) is 3.40. The number of likely N-dealkylation sites (tertiary alicyclic amines) is 2. The van der Waals surface area contributed by atoms with Gasteiger partial charge in [-0.15, -0.1) is 0 Å². The molecule has 0 aromatic carbocycles. The van der Waals surface area contributed by atoms with Gasteiger partial charge in [0.25, 0.3) is 0 Å². The Balaban J connectivity index is 1.77. The van der Waals surface area contributed by atoms with Crippen LogP contribution in [-0.2, 0) is 9.59 Å². The summed E-state index contributed by atoms with van der Waals surface area (Å²) in [4.78, 5) is 27.2. The summed E-state index contributed by atoms with van der Waals surface area (Å²) in [5.41, 5.74) is 0. The summed E-state index contributed by atoms with van der Waals surface area (Å²) in [7, 11) is 0. The third-order valence-electron chi connectivity index (χ3n) is 6.18. The molecule has 0 spiro atoms. The summed E-state index contributed by atoms with van der Waals surface area (Å²) < 4.78 is 13.4. The topological polar surface area (TPSA) is 40.6 Å². The maximum atomic E-state index is 13.4. The number of allylic oxidation sites excluding steroid dienone is 4. The lowest BCUT2D eigenvalue weighted by molar-refractivity contribution is -0.135. The van der Waals surface area contributed by atoms with Crippen LogP contribution in [0.2, 0.25) is 0 Å². The molecule has 0 aromatic heterocycles. The van der Waals surface area contributed by atoms with Crippen LogP contribution in [0.15, 0.2) is 24.1 Å². The zero-order valence-electron chi connectivity index (χ0n) is 14.5. The van der Waals surface area contributed by atoms with Crippen molar-refractivity contribution in [3.63, 3.8) is 0 Å². The van der Waals surface area contributed by atoms with Gasteiger partial charge in [-0.1, -0.05) is 13.0 Å². The van der Waals surface area contributed by atoms with Crippen LogP contribution in [0, 0.1) is 23.7 Å². The van der Waals surface area contributed by atoms with E-state index in [1.165, 1.54) is 0 Å². The van der Waals surface area contributed by atoms with Crippen LogP contribution in [0.25, 0.3) is 0 Å². The number of nitrogens with zero attached hydrogens (tertiary/aromatic N) is 2. The Bertz CT molecular complexity index is 560. The van der Waals surface area contributed by atoms with Crippen molar-refractivity contribution in [2.75, 3.05) is 19.6 Å². The van der Waals surface area contributed by atoms with E-state index in [0.29, 0.717) is 11.8 Å². The van der Waals surface area contributed by atoms with E-state index in [1.54, 1.807) is 19.1 Å². The van der Waals surface area contributed by atoms with E-state index in [2.05, 4.69) is 0 Å². The molecule has 1 aliphatic carbocycles. The second kappa shape index (κ2) is 7.08. The van der Waals surface area contributed by atoms with E-state index in [9.17, 15) is 14.0 Å². The van der Waals surface area contributed by atoms with Gasteiger partial charge in [0.15, 0.2) is 0 Å². The highest BCUT2D eigenvalue weighted by atomic mass is 19.1. The molecule has 0 aromatic rings. The van der Waals surface area contributed by atoms with Gasteiger partial charge in [-0.2, -0.15) is 0 Å². The number of amides is 2. The maximum absolute atomic E-state index is 13.4. The molecule has 0 radical (unpaired) electrons. The molecule has 2 fully saturated rings. The monoisotopic (exact) mass is 334 g/mol. The Hall–Kier alpha value is -1.65. The zero-order valence-corrected chi connectivity index (χ0v) is 14.5. The summed E-state index contributed by atoms with van der Waals surface area (Å²) in [6.07, 6.45) is 9.00. The SMILES string of the molecule is CC(=O)N1CCC2CCN(C=O)[C@@H](CC3C=CC(F)=CC3C)[C@@H]2C1. The second-order valence-electron chi connectivity index (χ2n) is 7.55. The Morgan fingerprint density at radius 3 is 2.79 bits per heavy atom. The molecule has 3 rings (SSSR count). The summed E-state index contributed by atoms with van der Waals surface area (Å²) in [5.74, 6) is 1.23. The molecular weight excluding hydrogens is 307 g/mol. The molecule has 2 amide bonds. The lowest BCUT2D eigenvalue weighted by Crippen LogP contribution is -2.56. The molecule has 2 saturated heterocycles. The summed E-state index contributed by atoms with van der Waals surface area (Å²) >= 11 is 0. The number of carbonyl (C=O) groups excluding carboxylic acids is 2. The highest BCUT2D eigenvalue weighted by Crippen LogP contribution is 2.39. The Labute approximate surface area is 143 Å². The average molecular weight is 334 g/mol. The zero-order chi connectivity index (χ0) is 17.3. The van der Waals surface area contributed by atoms with Gasteiger partial charge >= 0.3 is 0 Å². The number of fused-ring (bicyclic) bond motifs is 1. The van der Waals surface area contributed by atoms with Gasteiger partial charge in [-0.05, 0) is 55.1 Å². The maximum Gasteiger partial charge on any atom is 0.219 e. The Kier molecular flexibility index (Phi) is 5.07. The van der Waals surface area contributed by atoms with Crippen molar-refractivity contribution < 1.29 is 14.0 Å². The predicted octanol–water partition coefficient (Wildman–Crippen LogP) is 2.77. The summed E-state index contributed by atoms with van der Waals surface area (Å²) in [6.45, 7) is 6.02. The van der Waals surface area contributed by atoms with Gasteiger partial charge in [-0.3, -0.25) is 9.59 Å². The van der Waals surface area contributed by atoms with Gasteiger partial charge in [0.2, 0.25) is 12.3 Å². The first-order chi connectivity index (χ1) is 11.5. The van der Waals surface area contributed by atoms with Gasteiger partial charge in [0, 0.05) is 32.6 Å². The van der Waals surface area contributed by atoms with Crippen molar-refractivity contribution in [2.45, 2.75) is 39.2 Å². The van der Waals surface area contributed by atoms with Gasteiger partial charge in [-0.25, -0.2) is 4.39 Å². The van der Waals surface area contributed by atoms with Crippen LogP contribution in [0.5, 0.6) is 0 Å². The van der Waals surface area contributed by atoms with Crippen molar-refractivity contribution in [1.82, 2.24) is 9.80 Å². The van der Waals surface area contributed by atoms with Crippen LogP contribution in [0.3, 0.4) is 0 Å². The Morgan fingerprint density at radius 1 is 1.38 bits per heavy atom. The van der Waals surface area contributed by atoms with Crippen molar-refractivity contribution in [2.24, 2.45) is 23.7 Å². The van der Waals surface area contributed by atoms with Gasteiger partial charge < -0.3 is 9.80 Å². The number of rotatable bonds is 3. The van der Waals surface area contributed by atoms with E-state index in [1.807, 2.05) is 22.8 Å². The molecule has 2 aliphatic heterocycles. The van der Waals surface area contributed by atoms with E-state index in [0.717, 1.165) is 45.3 Å². The number of piperidine rings is 2. The molecule has 4 nitrogen and oxygen atoms in total. The van der Waals surface area contributed by atoms with Crippen molar-refractivity contribution in [1.29, 1.82) is 0 Å². The number of hydrogen-bond acceptors (Lipinski definition) is 2. The van der Waals surface area contributed by atoms with Crippen LogP contribution >= 0.6 is 0 Å². The smallest absolute Gasteiger partial charge is 0.219 e. The molecular formula is C19H27FN2O2. The molecule has 0 N–H and O–H groups in total. The molecule has 0 saturated carbocycles. The minimum Gasteiger partial charge on any atom is -0.343 e. The fourth-order valence-corrected chi connectivity index (χ4v) is 4.67. The molecule has 3 unspecified atom stereocenters. The molecule has 132 valence electrons. The highest BCUT2D eigenvalue weighted by Gasteiger charge is 2.42. The van der Waals surface area contributed by atoms with Gasteiger partial charge in [0.05, 0.1) is 0 Å². The largest absolute Gasteiger partial charge is 0.343 e. The highest BCUT2D eigenvalue weighted by molar-refractivity contribution is 5.73. The number of hydrogen-bond donors (Lipinski definition) is 0. The molecule has 3 aliphatic rings. The number of carbonyl (C=O) groups is 2. The van der Waals surface area contributed by atoms with E-state index < -0.39 is 0 Å². The predicted molar refractivity (Wildman–Crippen MR) is 90.6 cm³/mol. The fraction of sp³-hybridized carbons (Fsp3) is 0.684. The van der Waals surface area contributed by atoms with Crippen LogP contribution in [0.4, 0.5) is 4.39 Å². The van der Waals surface area contributed by atoms with E-state index in [-0.39, 0.29) is 29.6 Å². The lowest BCUT2D eigenvalue weighted by atomic mass is 9.71. The molecule has 0 bridgehead atoms. The molecule has 5 heteroatoms. The van der Waals surface area contributed by atoms with Crippen molar-refractivity contribution in [3.05, 3.63) is 24.1 Å². The van der Waals surface area contributed by atoms with Crippen LogP contribution in [-0.4, -0.2) is 47.8 Å². The first-order valence-corrected chi connectivity index (χ1v) is 9.01. The lowest BCUT2D eigenvalue weighted by Gasteiger charge is -2.50. The minimum atomic E-state index is -0.173. The normalized spacial score (nSPS) is 36.1. The first-order valence-electron chi connectivity index (χ1n) is 9.01. The van der Waals surface area contributed by atoms with E-state index in [4.69, 9.17) is 0 Å². The summed E-state index contributed by atoms with van der Waals surface area (Å²) in [5, 5.41) is 0. The average Bonchev–Trinajstić information content (AvgIpc) is 2.56. The second-order valence-corrected chi connectivity index (χ2v) is 7.55. The quantitative estimate of drug-likeness (QED) is 0.745. The molecule has 24 heavy (non-hydrogen) atoms. The van der Waals surface area contributed by atoms with E-state index >= 15 is 0 Å². The number of halogens is 1. The van der Waals surface area contributed by atoms with Crippen molar-refractivity contribution in [3.8, 4) is 0 Å². The molecule has 2 heterocycles. The van der Waals surface area contributed by atoms with Crippen molar-refractivity contribution >= 4 is 12.3 Å². The standard InChI is InChI=1S/C19H27FN2O2/c1-13-9-17(20)4-3-16(13)10-19-18-11-21(14(2)24)7-5-15(18)6-8-22(19)12-23/h3-4,9,12-13,15-16,18-19H,5-8,10-11H2,1-2H3/t13?,15?,16?,18-,19+/m1/s1. The fourth-order valence-electron chi connectivity index (χ4n) is 4.67. The van der Waals surface area contributed by atoms with Gasteiger partial charge in [0.1, 0.15) is 5.83 Å². The van der Waals surface area contributed by atoms with Crippen LogP contribution in [0.1, 0.15) is 33.1 Å². The Morgan fingerprint density at radius 2 is 2.12 bits per heavy atom. The van der Waals surface area contributed by atoms with Crippen LogP contribution < -0.4 is 0 Å². The first kappa shape index (κ1) is 17.2. The molecule has 5 atom stereocenters. The summed E-state index contributed by atoms with van der Waals surface area (Å²) in [6, 6.07) is 0.134. The minimum absolute atomic E-state index is 0.117. The third-order valence-corrected chi connectivity index (χ3v) is 6.18.